The summed E-state index contributed by atoms with van der Waals surface area (Å²) >= 11 is 13.1. The lowest BCUT2D eigenvalue weighted by Crippen LogP contribution is -2.26. The smallest absolute Gasteiger partial charge is 0.355 e. The van der Waals surface area contributed by atoms with Gasteiger partial charge in [-0.15, -0.1) is 11.3 Å². The fraction of sp³-hybridized carbons (Fsp3) is 0.0556. The highest BCUT2D eigenvalue weighted by molar-refractivity contribution is 7.14. The molecule has 0 fully saturated rings. The molecule has 1 heterocycles. The molecule has 3 rings (SSSR count). The number of amides is 1. The molecule has 0 saturated heterocycles. The van der Waals surface area contributed by atoms with Gasteiger partial charge in [0, 0.05) is 16.5 Å². The van der Waals surface area contributed by atoms with Gasteiger partial charge in [0.05, 0.1) is 23.4 Å². The first-order valence-corrected chi connectivity index (χ1v) is 9.16. The molecular formula is C18H12Cl2N2O4S. The van der Waals surface area contributed by atoms with Gasteiger partial charge in [0.2, 0.25) is 0 Å². The lowest BCUT2D eigenvalue weighted by molar-refractivity contribution is 0.0691. The number of carbonyl (C=O) groups excluding carboxylic acids is 1. The molecule has 2 aromatic carbocycles. The highest BCUT2D eigenvalue weighted by atomic mass is 35.5. The second-order valence-corrected chi connectivity index (χ2v) is 6.97. The maximum atomic E-state index is 13.2. The Balaban J connectivity index is 2.13. The summed E-state index contributed by atoms with van der Waals surface area (Å²) in [5.41, 5.74) is 0.505. The van der Waals surface area contributed by atoms with Crippen molar-refractivity contribution < 1.29 is 19.4 Å². The first-order valence-electron chi connectivity index (χ1n) is 7.53. The van der Waals surface area contributed by atoms with Gasteiger partial charge >= 0.3 is 5.97 Å². The fourth-order valence-corrected chi connectivity index (χ4v) is 3.62. The van der Waals surface area contributed by atoms with E-state index in [-0.39, 0.29) is 21.4 Å². The van der Waals surface area contributed by atoms with Gasteiger partial charge in [0.25, 0.3) is 5.91 Å². The van der Waals surface area contributed by atoms with Crippen molar-refractivity contribution in [2.45, 2.75) is 0 Å². The second-order valence-electron chi connectivity index (χ2n) is 5.29. The maximum Gasteiger partial charge on any atom is 0.355 e. The number of carbonyl (C=O) groups is 2. The minimum Gasteiger partial charge on any atom is -0.497 e. The Morgan fingerprint density at radius 2 is 1.96 bits per heavy atom. The van der Waals surface area contributed by atoms with Crippen molar-refractivity contribution in [3.8, 4) is 5.75 Å². The Bertz CT molecular complexity index is 1020. The Morgan fingerprint density at radius 3 is 2.59 bits per heavy atom. The summed E-state index contributed by atoms with van der Waals surface area (Å²) in [5.74, 6) is -1.13. The van der Waals surface area contributed by atoms with Gasteiger partial charge in [-0.25, -0.2) is 9.78 Å². The third-order valence-electron chi connectivity index (χ3n) is 3.58. The molecule has 0 radical (unpaired) electrons. The maximum absolute atomic E-state index is 13.2. The average molecular weight is 423 g/mol. The van der Waals surface area contributed by atoms with E-state index in [1.54, 1.807) is 30.3 Å². The lowest BCUT2D eigenvalue weighted by atomic mass is 10.2. The molecular weight excluding hydrogens is 411 g/mol. The summed E-state index contributed by atoms with van der Waals surface area (Å²) in [6.07, 6.45) is 0. The first kappa shape index (κ1) is 19.2. The molecule has 9 heteroatoms. The van der Waals surface area contributed by atoms with Crippen molar-refractivity contribution in [3.63, 3.8) is 0 Å². The number of rotatable bonds is 5. The second kappa shape index (κ2) is 7.96. The number of carboxylic acids is 1. The van der Waals surface area contributed by atoms with Crippen LogP contribution in [-0.2, 0) is 0 Å². The molecule has 0 aliphatic heterocycles. The van der Waals surface area contributed by atoms with E-state index in [9.17, 15) is 9.59 Å². The number of thiazole rings is 1. The Morgan fingerprint density at radius 1 is 1.19 bits per heavy atom. The van der Waals surface area contributed by atoms with E-state index in [0.29, 0.717) is 16.5 Å². The van der Waals surface area contributed by atoms with Crippen LogP contribution < -0.4 is 9.64 Å². The zero-order chi connectivity index (χ0) is 19.6. The summed E-state index contributed by atoms with van der Waals surface area (Å²) in [7, 11) is 1.51. The number of aromatic carboxylic acids is 1. The van der Waals surface area contributed by atoms with Gasteiger partial charge in [-0.2, -0.15) is 0 Å². The van der Waals surface area contributed by atoms with Crippen LogP contribution in [0, 0.1) is 0 Å². The van der Waals surface area contributed by atoms with Crippen LogP contribution in [0.15, 0.2) is 47.8 Å². The van der Waals surface area contributed by atoms with Crippen molar-refractivity contribution >= 4 is 57.2 Å². The van der Waals surface area contributed by atoms with E-state index >= 15 is 0 Å². The molecule has 1 amide bonds. The predicted octanol–water partition coefficient (Wildman–Crippen LogP) is 5.14. The molecule has 27 heavy (non-hydrogen) atoms. The van der Waals surface area contributed by atoms with Crippen LogP contribution in [0.25, 0.3) is 0 Å². The van der Waals surface area contributed by atoms with Crippen LogP contribution in [0.1, 0.15) is 20.8 Å². The normalized spacial score (nSPS) is 10.5. The van der Waals surface area contributed by atoms with E-state index in [4.69, 9.17) is 33.0 Å². The Hall–Kier alpha value is -2.61. The molecule has 0 spiro atoms. The van der Waals surface area contributed by atoms with Crippen LogP contribution in [-0.4, -0.2) is 29.1 Å². The topological polar surface area (TPSA) is 79.7 Å². The Kier molecular flexibility index (Phi) is 5.65. The van der Waals surface area contributed by atoms with E-state index in [0.717, 1.165) is 11.3 Å². The number of hydrogen-bond donors (Lipinski definition) is 1. The lowest BCUT2D eigenvalue weighted by Gasteiger charge is -2.21. The van der Waals surface area contributed by atoms with Gasteiger partial charge in [0.15, 0.2) is 10.8 Å². The number of halogens is 2. The van der Waals surface area contributed by atoms with E-state index in [1.807, 2.05) is 0 Å². The number of hydrogen-bond acceptors (Lipinski definition) is 5. The number of benzene rings is 2. The average Bonchev–Trinajstić information content (AvgIpc) is 3.12. The molecule has 1 N–H and O–H groups in total. The van der Waals surface area contributed by atoms with Gasteiger partial charge in [0.1, 0.15) is 5.75 Å². The third kappa shape index (κ3) is 4.05. The monoisotopic (exact) mass is 422 g/mol. The number of aromatic nitrogens is 1. The predicted molar refractivity (Wildman–Crippen MR) is 105 cm³/mol. The highest BCUT2D eigenvalue weighted by Crippen LogP contribution is 2.34. The summed E-state index contributed by atoms with van der Waals surface area (Å²) in [4.78, 5) is 29.8. The van der Waals surface area contributed by atoms with Gasteiger partial charge in [-0.3, -0.25) is 9.69 Å². The van der Waals surface area contributed by atoms with Crippen LogP contribution in [0.5, 0.6) is 5.75 Å². The molecule has 0 aliphatic carbocycles. The number of ether oxygens (including phenoxy) is 1. The van der Waals surface area contributed by atoms with Crippen LogP contribution in [0.4, 0.5) is 10.8 Å². The SMILES string of the molecule is COc1cccc(N(C(=O)c2ccc(Cl)cc2Cl)c2nc(C(=O)O)cs2)c1. The van der Waals surface area contributed by atoms with Crippen LogP contribution >= 0.6 is 34.5 Å². The van der Waals surface area contributed by atoms with Crippen LogP contribution in [0.3, 0.4) is 0 Å². The number of carboxylic acid groups (broad SMARTS) is 1. The van der Waals surface area contributed by atoms with E-state index in [2.05, 4.69) is 4.98 Å². The van der Waals surface area contributed by atoms with Crippen LogP contribution in [0.2, 0.25) is 10.0 Å². The molecule has 3 aromatic rings. The molecule has 0 unspecified atom stereocenters. The molecule has 6 nitrogen and oxygen atoms in total. The standard InChI is InChI=1S/C18H12Cl2N2O4S/c1-26-12-4-2-3-11(8-12)22(18-21-15(9-27-18)17(24)25)16(23)13-6-5-10(19)7-14(13)20/h2-9H,1H3,(H,24,25). The number of nitrogens with zero attached hydrogens (tertiary/aromatic N) is 2. The molecule has 0 aliphatic rings. The largest absolute Gasteiger partial charge is 0.497 e. The fourth-order valence-electron chi connectivity index (χ4n) is 2.31. The Labute approximate surface area is 168 Å². The zero-order valence-electron chi connectivity index (χ0n) is 13.8. The number of anilines is 2. The van der Waals surface area contributed by atoms with Crippen molar-refractivity contribution in [1.82, 2.24) is 4.98 Å². The van der Waals surface area contributed by atoms with Crippen molar-refractivity contribution in [2.75, 3.05) is 12.0 Å². The third-order valence-corrected chi connectivity index (χ3v) is 4.95. The molecule has 1 aromatic heterocycles. The summed E-state index contributed by atoms with van der Waals surface area (Å²) in [5, 5.41) is 11.3. The molecule has 0 bridgehead atoms. The van der Waals surface area contributed by atoms with Crippen molar-refractivity contribution in [1.29, 1.82) is 0 Å². The highest BCUT2D eigenvalue weighted by Gasteiger charge is 2.26. The van der Waals surface area contributed by atoms with Crippen molar-refractivity contribution in [2.24, 2.45) is 0 Å². The summed E-state index contributed by atoms with van der Waals surface area (Å²) in [6.45, 7) is 0. The van der Waals surface area contributed by atoms with Crippen molar-refractivity contribution in [3.05, 3.63) is 69.1 Å². The van der Waals surface area contributed by atoms with Gasteiger partial charge in [-0.05, 0) is 30.3 Å². The van der Waals surface area contributed by atoms with Gasteiger partial charge < -0.3 is 9.84 Å². The van der Waals surface area contributed by atoms with E-state index in [1.165, 1.54) is 29.5 Å². The minimum atomic E-state index is -1.18. The molecule has 0 saturated carbocycles. The quantitative estimate of drug-likeness (QED) is 0.615. The summed E-state index contributed by atoms with van der Waals surface area (Å²) in [6, 6.07) is 11.3. The molecule has 138 valence electrons. The van der Waals surface area contributed by atoms with E-state index < -0.39 is 11.9 Å². The van der Waals surface area contributed by atoms with Gasteiger partial charge in [-0.1, -0.05) is 29.3 Å². The number of methoxy groups -OCH3 is 1. The molecule has 0 atom stereocenters. The first-order chi connectivity index (χ1) is 12.9. The minimum absolute atomic E-state index is 0.155. The summed E-state index contributed by atoms with van der Waals surface area (Å²) < 4.78 is 5.22. The zero-order valence-corrected chi connectivity index (χ0v) is 16.2.